The van der Waals surface area contributed by atoms with Crippen molar-refractivity contribution in [1.29, 1.82) is 0 Å². The molecule has 8 nitrogen and oxygen atoms in total. The second-order valence-electron chi connectivity index (χ2n) is 8.10. The van der Waals surface area contributed by atoms with Crippen molar-refractivity contribution in [3.05, 3.63) is 29.8 Å². The van der Waals surface area contributed by atoms with Gasteiger partial charge in [-0.2, -0.15) is 0 Å². The van der Waals surface area contributed by atoms with Gasteiger partial charge in [-0.25, -0.2) is 9.59 Å². The number of ether oxygens (including phenoxy) is 2. The Morgan fingerprint density at radius 3 is 2.38 bits per heavy atom. The summed E-state index contributed by atoms with van der Waals surface area (Å²) >= 11 is 0. The summed E-state index contributed by atoms with van der Waals surface area (Å²) in [6.07, 6.45) is -0.122. The van der Waals surface area contributed by atoms with Crippen LogP contribution in [0, 0.1) is 0 Å². The predicted molar refractivity (Wildman–Crippen MR) is 109 cm³/mol. The number of anilines is 1. The van der Waals surface area contributed by atoms with Gasteiger partial charge in [-0.05, 0) is 45.4 Å². The van der Waals surface area contributed by atoms with E-state index in [0.29, 0.717) is 31.8 Å². The summed E-state index contributed by atoms with van der Waals surface area (Å²) in [5.41, 5.74) is 1.88. The maximum absolute atomic E-state index is 12.2. The van der Waals surface area contributed by atoms with Crippen LogP contribution in [-0.2, 0) is 19.1 Å². The van der Waals surface area contributed by atoms with E-state index in [9.17, 15) is 9.59 Å². The number of oxime groups is 1. The minimum atomic E-state index is -0.483. The smallest absolute Gasteiger partial charge is 0.410 e. The average molecular weight is 403 g/mol. The zero-order valence-electron chi connectivity index (χ0n) is 17.5. The topological polar surface area (TPSA) is 80.7 Å². The Morgan fingerprint density at radius 1 is 1.14 bits per heavy atom. The van der Waals surface area contributed by atoms with Crippen LogP contribution in [0.25, 0.3) is 0 Å². The summed E-state index contributed by atoms with van der Waals surface area (Å²) in [7, 11) is 0. The lowest BCUT2D eigenvalue weighted by molar-refractivity contribution is -0.135. The fourth-order valence-corrected chi connectivity index (χ4v) is 3.26. The third kappa shape index (κ3) is 5.40. The normalized spacial score (nSPS) is 19.4. The molecule has 1 saturated heterocycles. The molecule has 0 aliphatic carbocycles. The maximum atomic E-state index is 12.2. The van der Waals surface area contributed by atoms with Crippen molar-refractivity contribution < 1.29 is 23.9 Å². The van der Waals surface area contributed by atoms with Gasteiger partial charge in [0.2, 0.25) is 0 Å². The number of esters is 1. The van der Waals surface area contributed by atoms with Gasteiger partial charge < -0.3 is 24.1 Å². The third-order valence-electron chi connectivity index (χ3n) is 4.74. The summed E-state index contributed by atoms with van der Waals surface area (Å²) in [4.78, 5) is 33.3. The summed E-state index contributed by atoms with van der Waals surface area (Å²) in [6.45, 7) is 10.4. The standard InChI is InChI=1S/C21H29N3O5/c1-5-27-19(25)17-14-18(29-22-17)15-6-8-16(9-7-15)23-10-12-24(13-11-23)20(26)28-21(2,3)4/h6-9,18H,5,10-14H2,1-4H3. The molecule has 0 bridgehead atoms. The van der Waals surface area contributed by atoms with Gasteiger partial charge in [0, 0.05) is 38.3 Å². The zero-order chi connectivity index (χ0) is 21.0. The van der Waals surface area contributed by atoms with Gasteiger partial charge in [0.25, 0.3) is 0 Å². The van der Waals surface area contributed by atoms with Crippen molar-refractivity contribution >= 4 is 23.5 Å². The molecule has 2 aliphatic heterocycles. The molecule has 29 heavy (non-hydrogen) atoms. The molecule has 2 heterocycles. The number of hydrogen-bond donors (Lipinski definition) is 0. The van der Waals surface area contributed by atoms with E-state index in [1.165, 1.54) is 0 Å². The summed E-state index contributed by atoms with van der Waals surface area (Å²) in [5, 5.41) is 3.86. The van der Waals surface area contributed by atoms with Crippen molar-refractivity contribution in [2.24, 2.45) is 5.16 Å². The van der Waals surface area contributed by atoms with Gasteiger partial charge >= 0.3 is 12.1 Å². The monoisotopic (exact) mass is 403 g/mol. The molecule has 1 fully saturated rings. The molecule has 0 radical (unpaired) electrons. The number of nitrogens with zero attached hydrogens (tertiary/aromatic N) is 3. The lowest BCUT2D eigenvalue weighted by Gasteiger charge is -2.36. The highest BCUT2D eigenvalue weighted by Crippen LogP contribution is 2.29. The Bertz CT molecular complexity index is 762. The molecule has 158 valence electrons. The summed E-state index contributed by atoms with van der Waals surface area (Å²) in [5.74, 6) is -0.422. The van der Waals surface area contributed by atoms with Crippen LogP contribution in [0.3, 0.4) is 0 Å². The second-order valence-corrected chi connectivity index (χ2v) is 8.10. The lowest BCUT2D eigenvalue weighted by atomic mass is 10.0. The van der Waals surface area contributed by atoms with Crippen LogP contribution in [0.2, 0.25) is 0 Å². The Morgan fingerprint density at radius 2 is 1.79 bits per heavy atom. The van der Waals surface area contributed by atoms with E-state index < -0.39 is 11.6 Å². The SMILES string of the molecule is CCOC(=O)C1=NOC(c2ccc(N3CCN(C(=O)OC(C)(C)C)CC3)cc2)C1. The van der Waals surface area contributed by atoms with Crippen molar-refractivity contribution in [2.75, 3.05) is 37.7 Å². The van der Waals surface area contributed by atoms with Crippen molar-refractivity contribution in [3.8, 4) is 0 Å². The first-order valence-electron chi connectivity index (χ1n) is 9.99. The van der Waals surface area contributed by atoms with Gasteiger partial charge in [0.05, 0.1) is 6.61 Å². The third-order valence-corrected chi connectivity index (χ3v) is 4.74. The Hall–Kier alpha value is -2.77. The van der Waals surface area contributed by atoms with E-state index in [1.807, 2.05) is 45.0 Å². The number of carbonyl (C=O) groups is 2. The average Bonchev–Trinajstić information content (AvgIpc) is 3.17. The number of benzene rings is 1. The highest BCUT2D eigenvalue weighted by Gasteiger charge is 2.29. The molecule has 2 aliphatic rings. The number of amides is 1. The zero-order valence-corrected chi connectivity index (χ0v) is 17.5. The quantitative estimate of drug-likeness (QED) is 0.719. The van der Waals surface area contributed by atoms with E-state index in [0.717, 1.165) is 24.3 Å². The van der Waals surface area contributed by atoms with Crippen LogP contribution in [0.5, 0.6) is 0 Å². The van der Waals surface area contributed by atoms with Crippen LogP contribution in [0.15, 0.2) is 29.4 Å². The largest absolute Gasteiger partial charge is 0.461 e. The van der Waals surface area contributed by atoms with Crippen LogP contribution in [0.4, 0.5) is 10.5 Å². The second kappa shape index (κ2) is 8.71. The predicted octanol–water partition coefficient (Wildman–Crippen LogP) is 3.12. The molecule has 1 amide bonds. The van der Waals surface area contributed by atoms with E-state index >= 15 is 0 Å². The summed E-state index contributed by atoms with van der Waals surface area (Å²) < 4.78 is 10.4. The number of rotatable bonds is 4. The van der Waals surface area contributed by atoms with Gasteiger partial charge in [-0.1, -0.05) is 17.3 Å². The fraction of sp³-hybridized carbons (Fsp3) is 0.571. The summed E-state index contributed by atoms with van der Waals surface area (Å²) in [6, 6.07) is 8.04. The highest BCUT2D eigenvalue weighted by atomic mass is 16.6. The van der Waals surface area contributed by atoms with Crippen molar-refractivity contribution in [2.45, 2.75) is 45.8 Å². The molecule has 0 saturated carbocycles. The molecule has 0 spiro atoms. The minimum Gasteiger partial charge on any atom is -0.461 e. The molecule has 8 heteroatoms. The van der Waals surface area contributed by atoms with Gasteiger partial charge in [0.15, 0.2) is 11.8 Å². The first-order valence-corrected chi connectivity index (χ1v) is 9.99. The van der Waals surface area contributed by atoms with Crippen molar-refractivity contribution in [3.63, 3.8) is 0 Å². The number of piperazine rings is 1. The molecule has 0 aromatic heterocycles. The molecule has 1 aromatic carbocycles. The van der Waals surface area contributed by atoms with E-state index in [-0.39, 0.29) is 12.2 Å². The van der Waals surface area contributed by atoms with Crippen LogP contribution < -0.4 is 4.90 Å². The minimum absolute atomic E-state index is 0.261. The molecule has 1 atom stereocenters. The Labute approximate surface area is 171 Å². The number of hydrogen-bond acceptors (Lipinski definition) is 7. The van der Waals surface area contributed by atoms with E-state index in [1.54, 1.807) is 11.8 Å². The van der Waals surface area contributed by atoms with Crippen molar-refractivity contribution in [1.82, 2.24) is 4.90 Å². The highest BCUT2D eigenvalue weighted by molar-refractivity contribution is 6.36. The van der Waals surface area contributed by atoms with E-state index in [2.05, 4.69) is 10.1 Å². The first kappa shape index (κ1) is 21.0. The molecule has 1 aromatic rings. The van der Waals surface area contributed by atoms with Gasteiger partial charge in [-0.15, -0.1) is 0 Å². The Kier molecular flexibility index (Phi) is 6.30. The lowest BCUT2D eigenvalue weighted by Crippen LogP contribution is -2.50. The van der Waals surface area contributed by atoms with Crippen LogP contribution in [0.1, 0.15) is 45.8 Å². The molecular weight excluding hydrogens is 374 g/mol. The fourth-order valence-electron chi connectivity index (χ4n) is 3.26. The Balaban J connectivity index is 1.52. The van der Waals surface area contributed by atoms with Crippen LogP contribution in [-0.4, -0.2) is 61.1 Å². The first-order chi connectivity index (χ1) is 13.8. The molecule has 0 N–H and O–H groups in total. The molecule has 3 rings (SSSR count). The molecule has 1 unspecified atom stereocenters. The van der Waals surface area contributed by atoms with E-state index in [4.69, 9.17) is 14.3 Å². The van der Waals surface area contributed by atoms with Gasteiger partial charge in [-0.3, -0.25) is 0 Å². The number of carbonyl (C=O) groups excluding carboxylic acids is 2. The molecular formula is C21H29N3O5. The van der Waals surface area contributed by atoms with Crippen LogP contribution >= 0.6 is 0 Å². The van der Waals surface area contributed by atoms with Gasteiger partial charge in [0.1, 0.15) is 5.60 Å². The maximum Gasteiger partial charge on any atom is 0.410 e.